The van der Waals surface area contributed by atoms with E-state index in [-0.39, 0.29) is 23.7 Å². The van der Waals surface area contributed by atoms with Crippen LogP contribution in [0.5, 0.6) is 0 Å². The lowest BCUT2D eigenvalue weighted by molar-refractivity contribution is 0.590. The fourth-order valence-electron chi connectivity index (χ4n) is 3.04. The number of anilines is 1. The van der Waals surface area contributed by atoms with Crippen LogP contribution in [0.25, 0.3) is 22.4 Å². The lowest BCUT2D eigenvalue weighted by Gasteiger charge is -2.05. The molecule has 2 heterocycles. The van der Waals surface area contributed by atoms with Gasteiger partial charge in [-0.2, -0.15) is 10.4 Å². The number of benzene rings is 2. The second-order valence-electron chi connectivity index (χ2n) is 6.12. The third-order valence-corrected chi connectivity index (χ3v) is 4.38. The third-order valence-electron chi connectivity index (χ3n) is 4.38. The van der Waals surface area contributed by atoms with E-state index in [1.807, 2.05) is 30.3 Å². The molecule has 0 aliphatic heterocycles. The molecule has 0 aliphatic carbocycles. The van der Waals surface area contributed by atoms with Gasteiger partial charge in [-0.25, -0.2) is 14.4 Å². The number of nitrogen functional groups attached to an aromatic ring is 1. The molecule has 2 aromatic carbocycles. The Bertz CT molecular complexity index is 1180. The SMILES string of the molecule is Cc1nc(-c2nn(Cc3ccccc3F)c3ccccc23)nc(N)c1C#N. The Hall–Kier alpha value is -3.79. The minimum Gasteiger partial charge on any atom is -0.382 e. The first kappa shape index (κ1) is 16.7. The van der Waals surface area contributed by atoms with Crippen molar-refractivity contribution in [2.75, 3.05) is 5.73 Å². The zero-order valence-corrected chi connectivity index (χ0v) is 14.5. The van der Waals surface area contributed by atoms with E-state index < -0.39 is 0 Å². The zero-order chi connectivity index (χ0) is 19.0. The average Bonchev–Trinajstić information content (AvgIpc) is 3.02. The number of para-hydroxylation sites is 1. The van der Waals surface area contributed by atoms with E-state index in [1.54, 1.807) is 29.8 Å². The molecule has 0 saturated heterocycles. The maximum Gasteiger partial charge on any atom is 0.183 e. The van der Waals surface area contributed by atoms with Gasteiger partial charge in [0.2, 0.25) is 0 Å². The number of hydrogen-bond donors (Lipinski definition) is 1. The first-order valence-electron chi connectivity index (χ1n) is 8.32. The quantitative estimate of drug-likeness (QED) is 0.605. The van der Waals surface area contributed by atoms with Crippen LogP contribution in [0.3, 0.4) is 0 Å². The highest BCUT2D eigenvalue weighted by Crippen LogP contribution is 2.28. The molecule has 4 aromatic rings. The second-order valence-corrected chi connectivity index (χ2v) is 6.12. The van der Waals surface area contributed by atoms with E-state index in [0.29, 0.717) is 22.8 Å². The molecule has 2 aromatic heterocycles. The number of aromatic nitrogens is 4. The first-order valence-corrected chi connectivity index (χ1v) is 8.32. The van der Waals surface area contributed by atoms with Crippen molar-refractivity contribution in [3.8, 4) is 17.6 Å². The molecule has 27 heavy (non-hydrogen) atoms. The normalized spacial score (nSPS) is 10.9. The predicted molar refractivity (Wildman–Crippen MR) is 100 cm³/mol. The minimum absolute atomic E-state index is 0.118. The van der Waals surface area contributed by atoms with Crippen molar-refractivity contribution in [1.29, 1.82) is 5.26 Å². The number of aryl methyl sites for hydroxylation is 1. The van der Waals surface area contributed by atoms with Gasteiger partial charge in [-0.05, 0) is 19.1 Å². The lowest BCUT2D eigenvalue weighted by Crippen LogP contribution is -2.05. The molecule has 0 aliphatic rings. The third kappa shape index (κ3) is 2.87. The monoisotopic (exact) mass is 358 g/mol. The molecule has 4 rings (SSSR count). The van der Waals surface area contributed by atoms with Crippen LogP contribution in [0, 0.1) is 24.1 Å². The summed E-state index contributed by atoms with van der Waals surface area (Å²) in [6, 6.07) is 16.2. The van der Waals surface area contributed by atoms with Crippen LogP contribution in [0.2, 0.25) is 0 Å². The van der Waals surface area contributed by atoms with Gasteiger partial charge in [0.25, 0.3) is 0 Å². The summed E-state index contributed by atoms with van der Waals surface area (Å²) in [6.45, 7) is 1.98. The molecule has 6 nitrogen and oxygen atoms in total. The van der Waals surface area contributed by atoms with Gasteiger partial charge in [0.05, 0.1) is 17.8 Å². The molecule has 0 spiro atoms. The standard InChI is InChI=1S/C20H15FN6/c1-12-15(10-22)19(23)25-20(24-12)18-14-7-3-5-9-17(14)27(26-18)11-13-6-2-4-8-16(13)21/h2-9H,11H2,1H3,(H2,23,24,25). The number of nitriles is 1. The van der Waals surface area contributed by atoms with Gasteiger partial charge in [-0.15, -0.1) is 0 Å². The van der Waals surface area contributed by atoms with Crippen molar-refractivity contribution in [2.45, 2.75) is 13.5 Å². The molecule has 0 unspecified atom stereocenters. The summed E-state index contributed by atoms with van der Waals surface area (Å²) >= 11 is 0. The number of halogens is 1. The van der Waals surface area contributed by atoms with E-state index in [9.17, 15) is 4.39 Å². The highest BCUT2D eigenvalue weighted by molar-refractivity contribution is 5.91. The average molecular weight is 358 g/mol. The van der Waals surface area contributed by atoms with Gasteiger partial charge in [0.1, 0.15) is 29.0 Å². The number of hydrogen-bond acceptors (Lipinski definition) is 5. The molecule has 0 saturated carbocycles. The van der Waals surface area contributed by atoms with Crippen LogP contribution < -0.4 is 5.73 Å². The maximum atomic E-state index is 14.1. The fourth-order valence-corrected chi connectivity index (χ4v) is 3.04. The van der Waals surface area contributed by atoms with Gasteiger partial charge in [0.15, 0.2) is 5.82 Å². The van der Waals surface area contributed by atoms with Crippen LogP contribution in [0.15, 0.2) is 48.5 Å². The van der Waals surface area contributed by atoms with Crippen molar-refractivity contribution < 1.29 is 4.39 Å². The van der Waals surface area contributed by atoms with Crippen LogP contribution in [0.1, 0.15) is 16.8 Å². The summed E-state index contributed by atoms with van der Waals surface area (Å²) in [5, 5.41) is 14.6. The van der Waals surface area contributed by atoms with Crippen molar-refractivity contribution in [1.82, 2.24) is 19.7 Å². The van der Waals surface area contributed by atoms with E-state index in [0.717, 1.165) is 10.9 Å². The van der Waals surface area contributed by atoms with E-state index in [1.165, 1.54) is 6.07 Å². The van der Waals surface area contributed by atoms with E-state index in [4.69, 9.17) is 11.0 Å². The van der Waals surface area contributed by atoms with Crippen LogP contribution in [-0.2, 0) is 6.54 Å². The van der Waals surface area contributed by atoms with Crippen molar-refractivity contribution in [2.24, 2.45) is 0 Å². The molecule has 0 bridgehead atoms. The summed E-state index contributed by atoms with van der Waals surface area (Å²) in [4.78, 5) is 8.66. The molecule has 0 amide bonds. The molecule has 0 atom stereocenters. The van der Waals surface area contributed by atoms with Gasteiger partial charge in [0, 0.05) is 10.9 Å². The number of fused-ring (bicyclic) bond motifs is 1. The highest BCUT2D eigenvalue weighted by atomic mass is 19.1. The molecule has 7 heteroatoms. The Balaban J connectivity index is 1.89. The topological polar surface area (TPSA) is 93.4 Å². The summed E-state index contributed by atoms with van der Waals surface area (Å²) in [6.07, 6.45) is 0. The maximum absolute atomic E-state index is 14.1. The van der Waals surface area contributed by atoms with Gasteiger partial charge in [-0.1, -0.05) is 36.4 Å². The van der Waals surface area contributed by atoms with Gasteiger partial charge in [-0.3, -0.25) is 4.68 Å². The second kappa shape index (κ2) is 6.50. The van der Waals surface area contributed by atoms with Gasteiger partial charge < -0.3 is 5.73 Å². The largest absolute Gasteiger partial charge is 0.382 e. The van der Waals surface area contributed by atoms with Crippen molar-refractivity contribution in [3.63, 3.8) is 0 Å². The summed E-state index contributed by atoms with van der Waals surface area (Å²) in [5.41, 5.74) is 8.57. The van der Waals surface area contributed by atoms with E-state index in [2.05, 4.69) is 15.1 Å². The molecular formula is C20H15FN6. The molecule has 0 fully saturated rings. The highest BCUT2D eigenvalue weighted by Gasteiger charge is 2.18. The number of nitrogens with two attached hydrogens (primary N) is 1. The zero-order valence-electron chi connectivity index (χ0n) is 14.5. The Labute approximate surface area is 154 Å². The summed E-state index contributed by atoms with van der Waals surface area (Å²) in [7, 11) is 0. The summed E-state index contributed by atoms with van der Waals surface area (Å²) in [5.74, 6) is 0.175. The Morgan fingerprint density at radius 2 is 1.85 bits per heavy atom. The molecule has 132 valence electrons. The van der Waals surface area contributed by atoms with Crippen molar-refractivity contribution in [3.05, 3.63) is 71.2 Å². The predicted octanol–water partition coefficient (Wildman–Crippen LogP) is 3.44. The Morgan fingerprint density at radius 1 is 1.11 bits per heavy atom. The Morgan fingerprint density at radius 3 is 2.59 bits per heavy atom. The lowest BCUT2D eigenvalue weighted by atomic mass is 10.1. The molecular weight excluding hydrogens is 343 g/mol. The van der Waals surface area contributed by atoms with Crippen LogP contribution in [-0.4, -0.2) is 19.7 Å². The van der Waals surface area contributed by atoms with Crippen LogP contribution >= 0.6 is 0 Å². The smallest absolute Gasteiger partial charge is 0.183 e. The van der Waals surface area contributed by atoms with Crippen LogP contribution in [0.4, 0.5) is 10.2 Å². The molecule has 0 radical (unpaired) electrons. The fraction of sp³-hybridized carbons (Fsp3) is 0.100. The molecule has 2 N–H and O–H groups in total. The first-order chi connectivity index (χ1) is 13.1. The van der Waals surface area contributed by atoms with Crippen molar-refractivity contribution >= 4 is 16.7 Å². The Kier molecular flexibility index (Phi) is 4.01. The summed E-state index contributed by atoms with van der Waals surface area (Å²) < 4.78 is 15.8. The number of rotatable bonds is 3. The number of nitrogens with zero attached hydrogens (tertiary/aromatic N) is 5. The van der Waals surface area contributed by atoms with E-state index >= 15 is 0 Å². The minimum atomic E-state index is -0.284. The van der Waals surface area contributed by atoms with Gasteiger partial charge >= 0.3 is 0 Å².